The van der Waals surface area contributed by atoms with Gasteiger partial charge in [-0.25, -0.2) is 18.4 Å². The second-order valence-corrected chi connectivity index (χ2v) is 15.4. The Morgan fingerprint density at radius 2 is 1.84 bits per heavy atom. The van der Waals surface area contributed by atoms with Gasteiger partial charge in [-0.05, 0) is 75.4 Å². The van der Waals surface area contributed by atoms with Crippen LogP contribution in [0.25, 0.3) is 10.6 Å². The Morgan fingerprint density at radius 1 is 1.07 bits per heavy atom. The third-order valence-electron chi connectivity index (χ3n) is 9.03. The molecule has 1 atom stereocenters. The Bertz CT molecular complexity index is 1740. The van der Waals surface area contributed by atoms with Crippen molar-refractivity contribution < 1.29 is 26.4 Å². The molecule has 2 aliphatic heterocycles. The molecule has 2 aromatic heterocycles. The van der Waals surface area contributed by atoms with Crippen LogP contribution in [0.2, 0.25) is 0 Å². The summed E-state index contributed by atoms with van der Waals surface area (Å²) in [5.74, 6) is -0.415. The Morgan fingerprint density at radius 3 is 2.52 bits per heavy atom. The van der Waals surface area contributed by atoms with Gasteiger partial charge in [0.25, 0.3) is 5.91 Å². The molecule has 0 spiro atoms. The van der Waals surface area contributed by atoms with Crippen LogP contribution in [-0.4, -0.2) is 85.2 Å². The summed E-state index contributed by atoms with van der Waals surface area (Å²) >= 11 is 0.745. The van der Waals surface area contributed by atoms with Gasteiger partial charge < -0.3 is 20.0 Å². The summed E-state index contributed by atoms with van der Waals surface area (Å²) in [4.78, 5) is 27.5. The lowest BCUT2D eigenvalue weighted by molar-refractivity contribution is -0.137. The van der Waals surface area contributed by atoms with Gasteiger partial charge in [0.15, 0.2) is 9.84 Å². The number of sulfone groups is 1. The smallest absolute Gasteiger partial charge is 0.369 e. The number of nitrogens with one attached hydrogen (secondary N) is 1. The van der Waals surface area contributed by atoms with Crippen molar-refractivity contribution in [2.24, 2.45) is 0 Å². The average Bonchev–Trinajstić information content (AvgIpc) is 3.92. The number of fused-ring (bicyclic) bond motifs is 1. The van der Waals surface area contributed by atoms with E-state index < -0.39 is 33.2 Å². The number of aromatic nitrogens is 2. The number of likely N-dealkylation sites (N-methyl/N-ethyl adjacent to an activating group) is 1. The number of thiophene rings is 1. The van der Waals surface area contributed by atoms with E-state index in [9.17, 15) is 26.4 Å². The molecule has 1 saturated heterocycles. The molecular weight excluding hydrogens is 613 g/mol. The summed E-state index contributed by atoms with van der Waals surface area (Å²) in [6.45, 7) is 5.04. The van der Waals surface area contributed by atoms with Crippen LogP contribution in [0.3, 0.4) is 0 Å². The number of anilines is 3. The molecule has 1 N–H and O–H groups in total. The van der Waals surface area contributed by atoms with Crippen molar-refractivity contribution in [3.63, 3.8) is 0 Å². The lowest BCUT2D eigenvalue weighted by Gasteiger charge is -2.39. The van der Waals surface area contributed by atoms with Gasteiger partial charge in [0, 0.05) is 55.8 Å². The summed E-state index contributed by atoms with van der Waals surface area (Å²) < 4.78 is 68.8. The van der Waals surface area contributed by atoms with E-state index in [0.717, 1.165) is 79.8 Å². The number of rotatable bonds is 6. The van der Waals surface area contributed by atoms with Crippen LogP contribution in [0.5, 0.6) is 0 Å². The van der Waals surface area contributed by atoms with Crippen molar-refractivity contribution in [3.8, 4) is 10.6 Å². The second kappa shape index (κ2) is 10.7. The van der Waals surface area contributed by atoms with Crippen molar-refractivity contribution >= 4 is 44.4 Å². The van der Waals surface area contributed by atoms with Crippen LogP contribution in [-0.2, 0) is 16.0 Å². The predicted molar refractivity (Wildman–Crippen MR) is 162 cm³/mol. The van der Waals surface area contributed by atoms with E-state index >= 15 is 0 Å². The van der Waals surface area contributed by atoms with E-state index in [4.69, 9.17) is 0 Å². The number of carbonyl (C=O) groups excluding carboxylic acids is 1. The maximum absolute atomic E-state index is 14.2. The van der Waals surface area contributed by atoms with E-state index in [1.807, 2.05) is 12.1 Å². The highest BCUT2D eigenvalue weighted by atomic mass is 32.2. The fourth-order valence-corrected chi connectivity index (χ4v) is 8.92. The van der Waals surface area contributed by atoms with Gasteiger partial charge in [-0.3, -0.25) is 4.79 Å². The summed E-state index contributed by atoms with van der Waals surface area (Å²) in [6.07, 6.45) is -0.444. The normalized spacial score (nSPS) is 22.6. The molecule has 4 heterocycles. The second-order valence-electron chi connectivity index (χ2n) is 12.3. The number of nitrogens with zero attached hydrogens (tertiary/aromatic N) is 5. The summed E-state index contributed by atoms with van der Waals surface area (Å²) in [5.41, 5.74) is 1.36. The number of carbonyl (C=O) groups is 1. The number of hydrogen-bond donors (Lipinski definition) is 1. The van der Waals surface area contributed by atoms with Crippen molar-refractivity contribution in [1.29, 1.82) is 0 Å². The monoisotopic (exact) mass is 646 g/mol. The molecule has 7 rings (SSSR count). The zero-order valence-corrected chi connectivity index (χ0v) is 26.0. The Kier molecular flexibility index (Phi) is 7.16. The minimum Gasteiger partial charge on any atom is -0.369 e. The molecule has 44 heavy (non-hydrogen) atoms. The minimum absolute atomic E-state index is 0.0264. The van der Waals surface area contributed by atoms with E-state index in [0.29, 0.717) is 12.0 Å². The largest absolute Gasteiger partial charge is 0.420 e. The molecule has 0 bridgehead atoms. The molecule has 1 aromatic carbocycles. The summed E-state index contributed by atoms with van der Waals surface area (Å²) in [6, 6.07) is 7.65. The van der Waals surface area contributed by atoms with Gasteiger partial charge in [-0.1, -0.05) is 0 Å². The molecule has 234 valence electrons. The van der Waals surface area contributed by atoms with Crippen LogP contribution in [0, 0.1) is 0 Å². The fourth-order valence-electron chi connectivity index (χ4n) is 6.00. The highest BCUT2D eigenvalue weighted by molar-refractivity contribution is 7.91. The number of hydrogen-bond acceptors (Lipinski definition) is 9. The van der Waals surface area contributed by atoms with Gasteiger partial charge in [0.1, 0.15) is 10.4 Å². The molecule has 2 saturated carbocycles. The van der Waals surface area contributed by atoms with Crippen molar-refractivity contribution in [2.45, 2.75) is 61.7 Å². The number of halogens is 3. The topological polar surface area (TPSA) is 98.7 Å². The molecular formula is C30H33F3N6O3S2. The Hall–Kier alpha value is -3.23. The molecule has 14 heteroatoms. The quantitative estimate of drug-likeness (QED) is 0.382. The van der Waals surface area contributed by atoms with Crippen LogP contribution in [0.1, 0.15) is 59.3 Å². The van der Waals surface area contributed by atoms with Crippen molar-refractivity contribution in [2.75, 3.05) is 49.2 Å². The molecule has 4 aliphatic rings. The van der Waals surface area contributed by atoms with Gasteiger partial charge in [-0.15, -0.1) is 11.3 Å². The molecule has 2 aliphatic carbocycles. The number of amides is 1. The lowest BCUT2D eigenvalue weighted by atomic mass is 10.1. The maximum atomic E-state index is 14.2. The third kappa shape index (κ3) is 5.56. The van der Waals surface area contributed by atoms with Crippen LogP contribution in [0.4, 0.5) is 30.5 Å². The Balaban J connectivity index is 1.25. The number of alkyl halides is 3. The number of piperazine rings is 1. The molecule has 3 fully saturated rings. The highest BCUT2D eigenvalue weighted by Gasteiger charge is 2.42. The van der Waals surface area contributed by atoms with Gasteiger partial charge in [0.05, 0.1) is 21.2 Å². The molecule has 0 radical (unpaired) electrons. The highest BCUT2D eigenvalue weighted by Crippen LogP contribution is 2.46. The lowest BCUT2D eigenvalue weighted by Crippen LogP contribution is -2.50. The van der Waals surface area contributed by atoms with Crippen LogP contribution >= 0.6 is 11.3 Å². The first-order chi connectivity index (χ1) is 20.9. The van der Waals surface area contributed by atoms with Gasteiger partial charge in [-0.2, -0.15) is 13.2 Å². The summed E-state index contributed by atoms with van der Waals surface area (Å²) in [7, 11) is -1.75. The fraction of sp³-hybridized carbons (Fsp3) is 0.500. The average molecular weight is 647 g/mol. The Labute approximate surface area is 258 Å². The van der Waals surface area contributed by atoms with E-state index in [1.165, 1.54) is 11.0 Å². The molecule has 9 nitrogen and oxygen atoms in total. The third-order valence-corrected chi connectivity index (χ3v) is 12.0. The first kappa shape index (κ1) is 29.5. The van der Waals surface area contributed by atoms with Crippen molar-refractivity contribution in [3.05, 3.63) is 46.5 Å². The zero-order valence-electron chi connectivity index (χ0n) is 24.4. The molecule has 0 unspecified atom stereocenters. The van der Waals surface area contributed by atoms with E-state index in [2.05, 4.69) is 45.1 Å². The van der Waals surface area contributed by atoms with Crippen LogP contribution < -0.4 is 10.2 Å². The maximum Gasteiger partial charge on any atom is 0.420 e. The summed E-state index contributed by atoms with van der Waals surface area (Å²) in [5, 5.41) is 3.15. The van der Waals surface area contributed by atoms with Gasteiger partial charge in [0.2, 0.25) is 5.95 Å². The SMILES string of the molecule is C[C@H]1CN(c2ccc(Nc3ncc(C(F)(F)F)c(-c4cc5c(s4)C(=O)N(C4CC4)CCS5(=O)=O)n3)c(C3CC3)c2)CCN1C. The van der Waals surface area contributed by atoms with Crippen molar-refractivity contribution in [1.82, 2.24) is 19.8 Å². The predicted octanol–water partition coefficient (Wildman–Crippen LogP) is 5.38. The number of benzene rings is 1. The minimum atomic E-state index is -4.79. The van der Waals surface area contributed by atoms with E-state index in [1.54, 1.807) is 0 Å². The molecule has 1 amide bonds. The van der Waals surface area contributed by atoms with Gasteiger partial charge >= 0.3 is 6.18 Å². The zero-order chi connectivity index (χ0) is 31.0. The van der Waals surface area contributed by atoms with E-state index in [-0.39, 0.29) is 38.9 Å². The first-order valence-corrected chi connectivity index (χ1v) is 17.3. The molecule has 3 aromatic rings. The standard InChI is InChI=1S/C30H33F3N6O3S2/c1-17-16-38(10-9-37(17)2)20-7-8-23(21(13-20)18-3-4-18)35-29-34-15-22(30(31,32)33)26(36-29)24-14-25-27(43-24)28(40)39(19-5-6-19)11-12-44(25,41)42/h7-8,13-15,17-19H,3-6,9-12,16H2,1-2H3,(H,34,35,36)/t17-/m0/s1. The first-order valence-electron chi connectivity index (χ1n) is 14.9. The van der Waals surface area contributed by atoms with Crippen LogP contribution in [0.15, 0.2) is 35.4 Å².